The fourth-order valence-corrected chi connectivity index (χ4v) is 2.41. The number of nitrogens with zero attached hydrogens (tertiary/aromatic N) is 1. The van der Waals surface area contributed by atoms with Gasteiger partial charge >= 0.3 is 0 Å². The minimum absolute atomic E-state index is 0.470. The van der Waals surface area contributed by atoms with Crippen LogP contribution in [0, 0.1) is 0 Å². The van der Waals surface area contributed by atoms with E-state index in [0.717, 1.165) is 15.4 Å². The molecule has 1 heterocycles. The third-order valence-electron chi connectivity index (χ3n) is 2.14. The summed E-state index contributed by atoms with van der Waals surface area (Å²) in [6, 6.07) is 7.04. The van der Waals surface area contributed by atoms with E-state index in [2.05, 4.69) is 36.8 Å². The highest BCUT2D eigenvalue weighted by atomic mass is 79.9. The maximum atomic E-state index is 6.06. The first kappa shape index (κ1) is 14.1. The largest absolute Gasteiger partial charge is 0.437 e. The van der Waals surface area contributed by atoms with Crippen LogP contribution in [0.15, 0.2) is 34.9 Å². The molecule has 0 aliphatic carbocycles. The second-order valence-corrected chi connectivity index (χ2v) is 5.67. The molecule has 0 bridgehead atoms. The first-order chi connectivity index (χ1) is 8.60. The number of pyridine rings is 1. The number of aromatic nitrogens is 1. The number of benzene rings is 1. The number of ether oxygens (including phenoxy) is 1. The average Bonchev–Trinajstić information content (AvgIpc) is 2.37. The quantitative estimate of drug-likeness (QED) is 0.467. The Labute approximate surface area is 132 Å². The zero-order valence-electron chi connectivity index (χ0n) is 8.96. The van der Waals surface area contributed by atoms with Crippen molar-refractivity contribution in [3.05, 3.63) is 50.5 Å². The Morgan fingerprint density at radius 1 is 1.17 bits per heavy atom. The van der Waals surface area contributed by atoms with Crippen LogP contribution in [0.5, 0.6) is 11.6 Å². The number of rotatable bonds is 3. The fraction of sp³-hybridized carbons (Fsp3) is 0.0833. The van der Waals surface area contributed by atoms with Crippen molar-refractivity contribution in [2.24, 2.45) is 0 Å². The van der Waals surface area contributed by atoms with Crippen LogP contribution in [0.4, 0.5) is 0 Å². The van der Waals surface area contributed by atoms with E-state index in [-0.39, 0.29) is 0 Å². The van der Waals surface area contributed by atoms with Gasteiger partial charge in [-0.05, 0) is 27.6 Å². The second kappa shape index (κ2) is 6.24. The fourth-order valence-electron chi connectivity index (χ4n) is 1.25. The van der Waals surface area contributed by atoms with Gasteiger partial charge in [0.25, 0.3) is 0 Å². The first-order valence-corrected chi connectivity index (χ1v) is 7.60. The Morgan fingerprint density at radius 3 is 2.56 bits per heavy atom. The Morgan fingerprint density at radius 2 is 1.94 bits per heavy atom. The third-order valence-corrected chi connectivity index (χ3v) is 4.28. The number of halogens is 4. The normalized spacial score (nSPS) is 10.4. The number of hydrogen-bond donors (Lipinski definition) is 0. The van der Waals surface area contributed by atoms with E-state index in [1.54, 1.807) is 24.4 Å². The summed E-state index contributed by atoms with van der Waals surface area (Å²) in [6.07, 6.45) is 1.73. The molecular formula is C12H7Br2Cl2NO. The molecule has 0 saturated carbocycles. The summed E-state index contributed by atoms with van der Waals surface area (Å²) in [5, 5.41) is 1.76. The van der Waals surface area contributed by atoms with Crippen molar-refractivity contribution in [1.82, 2.24) is 4.98 Å². The molecule has 0 saturated heterocycles. The van der Waals surface area contributed by atoms with Gasteiger partial charge in [0.15, 0.2) is 0 Å². The predicted molar refractivity (Wildman–Crippen MR) is 81.1 cm³/mol. The Balaban J connectivity index is 2.25. The molecule has 18 heavy (non-hydrogen) atoms. The SMILES string of the molecule is Clc1cc(Oc2ccc(CBr)cn2)c(Cl)cc1Br. The minimum atomic E-state index is 0.470. The molecule has 0 aliphatic rings. The summed E-state index contributed by atoms with van der Waals surface area (Å²) in [5.41, 5.74) is 1.07. The van der Waals surface area contributed by atoms with E-state index in [4.69, 9.17) is 27.9 Å². The van der Waals surface area contributed by atoms with Crippen LogP contribution >= 0.6 is 55.1 Å². The third kappa shape index (κ3) is 3.38. The highest BCUT2D eigenvalue weighted by molar-refractivity contribution is 9.10. The van der Waals surface area contributed by atoms with Crippen LogP contribution in [-0.4, -0.2) is 4.98 Å². The lowest BCUT2D eigenvalue weighted by Crippen LogP contribution is -1.90. The first-order valence-electron chi connectivity index (χ1n) is 4.93. The molecule has 1 aromatic carbocycles. The summed E-state index contributed by atoms with van der Waals surface area (Å²) in [6.45, 7) is 0. The van der Waals surface area contributed by atoms with Gasteiger partial charge in [0.2, 0.25) is 5.88 Å². The summed E-state index contributed by atoms with van der Waals surface area (Å²) in [7, 11) is 0. The summed E-state index contributed by atoms with van der Waals surface area (Å²) < 4.78 is 6.31. The molecule has 6 heteroatoms. The van der Waals surface area contributed by atoms with Gasteiger partial charge < -0.3 is 4.74 Å². The lowest BCUT2D eigenvalue weighted by Gasteiger charge is -2.08. The van der Waals surface area contributed by atoms with Crippen LogP contribution in [0.2, 0.25) is 10.0 Å². The zero-order chi connectivity index (χ0) is 13.1. The molecular weight excluding hydrogens is 405 g/mol. The summed E-state index contributed by atoms with van der Waals surface area (Å²) in [5.74, 6) is 0.948. The molecule has 0 atom stereocenters. The zero-order valence-corrected chi connectivity index (χ0v) is 13.6. The van der Waals surface area contributed by atoms with Gasteiger partial charge in [-0.25, -0.2) is 4.98 Å². The molecule has 0 radical (unpaired) electrons. The van der Waals surface area contributed by atoms with Crippen molar-refractivity contribution in [2.45, 2.75) is 5.33 Å². The maximum Gasteiger partial charge on any atom is 0.219 e. The van der Waals surface area contributed by atoms with Crippen molar-refractivity contribution in [3.63, 3.8) is 0 Å². The van der Waals surface area contributed by atoms with Crippen molar-refractivity contribution in [2.75, 3.05) is 0 Å². The van der Waals surface area contributed by atoms with Crippen LogP contribution in [0.1, 0.15) is 5.56 Å². The predicted octanol–water partition coefficient (Wildman–Crippen LogP) is 5.84. The molecule has 2 nitrogen and oxygen atoms in total. The van der Waals surface area contributed by atoms with Crippen molar-refractivity contribution < 1.29 is 4.74 Å². The molecule has 0 amide bonds. The van der Waals surface area contributed by atoms with Gasteiger partial charge in [0, 0.05) is 28.1 Å². The average molecular weight is 412 g/mol. The topological polar surface area (TPSA) is 22.1 Å². The van der Waals surface area contributed by atoms with Gasteiger partial charge in [-0.2, -0.15) is 0 Å². The molecule has 0 aliphatic heterocycles. The molecule has 2 aromatic rings. The monoisotopic (exact) mass is 409 g/mol. The number of hydrogen-bond acceptors (Lipinski definition) is 2. The smallest absolute Gasteiger partial charge is 0.219 e. The van der Waals surface area contributed by atoms with Gasteiger partial charge in [0.05, 0.1) is 10.0 Å². The summed E-state index contributed by atoms with van der Waals surface area (Å²) >= 11 is 18.7. The minimum Gasteiger partial charge on any atom is -0.437 e. The molecule has 0 spiro atoms. The highest BCUT2D eigenvalue weighted by Gasteiger charge is 2.08. The van der Waals surface area contributed by atoms with Crippen molar-refractivity contribution >= 4 is 55.1 Å². The van der Waals surface area contributed by atoms with Crippen LogP contribution in [0.3, 0.4) is 0 Å². The molecule has 2 rings (SSSR count). The van der Waals surface area contributed by atoms with Gasteiger partial charge in [-0.1, -0.05) is 45.2 Å². The van der Waals surface area contributed by atoms with E-state index >= 15 is 0 Å². The van der Waals surface area contributed by atoms with Gasteiger partial charge in [-0.15, -0.1) is 0 Å². The number of alkyl halides is 1. The molecule has 0 unspecified atom stereocenters. The summed E-state index contributed by atoms with van der Waals surface area (Å²) in [4.78, 5) is 4.17. The molecule has 0 N–H and O–H groups in total. The Bertz CT molecular complexity index is 561. The highest BCUT2D eigenvalue weighted by Crippen LogP contribution is 2.36. The van der Waals surface area contributed by atoms with Gasteiger partial charge in [-0.3, -0.25) is 0 Å². The van der Waals surface area contributed by atoms with Crippen LogP contribution in [0.25, 0.3) is 0 Å². The van der Waals surface area contributed by atoms with E-state index in [1.807, 2.05) is 6.07 Å². The molecule has 0 fully saturated rings. The van der Waals surface area contributed by atoms with E-state index in [1.165, 1.54) is 0 Å². The second-order valence-electron chi connectivity index (χ2n) is 3.44. The lowest BCUT2D eigenvalue weighted by atomic mass is 10.3. The molecule has 94 valence electrons. The Hall–Kier alpha value is -0.290. The van der Waals surface area contributed by atoms with Crippen LogP contribution < -0.4 is 4.74 Å². The van der Waals surface area contributed by atoms with E-state index < -0.39 is 0 Å². The standard InChI is InChI=1S/C12H7Br2Cl2NO/c13-5-7-1-2-12(17-6-7)18-11-4-9(15)8(14)3-10(11)16/h1-4,6H,5H2. The van der Waals surface area contributed by atoms with Crippen molar-refractivity contribution in [1.29, 1.82) is 0 Å². The van der Waals surface area contributed by atoms with Gasteiger partial charge in [0.1, 0.15) is 5.75 Å². The van der Waals surface area contributed by atoms with Crippen LogP contribution in [-0.2, 0) is 5.33 Å². The van der Waals surface area contributed by atoms with E-state index in [9.17, 15) is 0 Å². The maximum absolute atomic E-state index is 6.06. The Kier molecular flexibility index (Phi) is 4.90. The van der Waals surface area contributed by atoms with Crippen molar-refractivity contribution in [3.8, 4) is 11.6 Å². The lowest BCUT2D eigenvalue weighted by molar-refractivity contribution is 0.463. The van der Waals surface area contributed by atoms with E-state index in [0.29, 0.717) is 21.7 Å². The molecule has 1 aromatic heterocycles.